The van der Waals surface area contributed by atoms with Crippen molar-refractivity contribution in [2.24, 2.45) is 0 Å². The quantitative estimate of drug-likeness (QED) is 0.935. The molecule has 1 atom stereocenters. The molecule has 17 heavy (non-hydrogen) atoms. The fourth-order valence-corrected chi connectivity index (χ4v) is 1.64. The lowest BCUT2D eigenvalue weighted by Gasteiger charge is -2.13. The molecule has 0 saturated heterocycles. The number of nitrogens with zero attached hydrogens (tertiary/aromatic N) is 2. The molecule has 0 fully saturated rings. The first-order valence-electron chi connectivity index (χ1n) is 4.64. The summed E-state index contributed by atoms with van der Waals surface area (Å²) in [5, 5.41) is 9.77. The van der Waals surface area contributed by atoms with E-state index in [1.807, 2.05) is 0 Å². The van der Waals surface area contributed by atoms with Crippen LogP contribution < -0.4 is 0 Å². The maximum absolute atomic E-state index is 11.2. The molecule has 1 N–H and O–H groups in total. The summed E-state index contributed by atoms with van der Waals surface area (Å²) in [6.45, 7) is 0. The average molecular weight is 273 g/mol. The van der Waals surface area contributed by atoms with E-state index < -0.39 is 12.0 Å². The summed E-state index contributed by atoms with van der Waals surface area (Å²) in [6.07, 6.45) is 4.65. The standard InChI is InChI=1S/C11H9ClN2O2.ClH/c12-9-3-1-8(2-4-9)10(11(15)16)14-6-5-13-7-14;/h1-7,10H,(H,15,16);1H. The maximum Gasteiger partial charge on any atom is 0.331 e. The second kappa shape index (κ2) is 5.70. The van der Waals surface area contributed by atoms with Crippen molar-refractivity contribution in [1.82, 2.24) is 9.55 Å². The van der Waals surface area contributed by atoms with Crippen molar-refractivity contribution in [2.45, 2.75) is 6.04 Å². The van der Waals surface area contributed by atoms with Crippen LogP contribution in [0.5, 0.6) is 0 Å². The van der Waals surface area contributed by atoms with E-state index in [0.29, 0.717) is 10.6 Å². The number of aliphatic carboxylic acids is 1. The summed E-state index contributed by atoms with van der Waals surface area (Å²) in [5.74, 6) is -0.930. The highest BCUT2D eigenvalue weighted by Crippen LogP contribution is 2.20. The highest BCUT2D eigenvalue weighted by Gasteiger charge is 2.20. The molecule has 4 nitrogen and oxygen atoms in total. The number of rotatable bonds is 3. The molecule has 0 aliphatic rings. The Morgan fingerprint density at radius 3 is 2.47 bits per heavy atom. The van der Waals surface area contributed by atoms with E-state index in [1.165, 1.54) is 10.9 Å². The first-order chi connectivity index (χ1) is 7.68. The van der Waals surface area contributed by atoms with E-state index in [1.54, 1.807) is 36.7 Å². The lowest BCUT2D eigenvalue weighted by atomic mass is 10.1. The molecule has 0 aliphatic carbocycles. The molecule has 0 aliphatic heterocycles. The van der Waals surface area contributed by atoms with Gasteiger partial charge < -0.3 is 9.67 Å². The monoisotopic (exact) mass is 272 g/mol. The van der Waals surface area contributed by atoms with Crippen LogP contribution in [0.1, 0.15) is 11.6 Å². The van der Waals surface area contributed by atoms with E-state index in [4.69, 9.17) is 11.6 Å². The third-order valence-electron chi connectivity index (χ3n) is 2.24. The van der Waals surface area contributed by atoms with Gasteiger partial charge in [-0.1, -0.05) is 23.7 Å². The van der Waals surface area contributed by atoms with Crippen LogP contribution in [0.3, 0.4) is 0 Å². The van der Waals surface area contributed by atoms with E-state index in [0.717, 1.165) is 0 Å². The van der Waals surface area contributed by atoms with Gasteiger partial charge >= 0.3 is 5.97 Å². The van der Waals surface area contributed by atoms with Crippen LogP contribution in [0.25, 0.3) is 0 Å². The van der Waals surface area contributed by atoms with Gasteiger partial charge in [-0.3, -0.25) is 0 Å². The topological polar surface area (TPSA) is 55.1 Å². The van der Waals surface area contributed by atoms with Gasteiger partial charge in [-0.25, -0.2) is 9.78 Å². The van der Waals surface area contributed by atoms with Gasteiger partial charge in [-0.15, -0.1) is 12.4 Å². The second-order valence-corrected chi connectivity index (χ2v) is 3.74. The van der Waals surface area contributed by atoms with Gasteiger partial charge in [-0.05, 0) is 17.7 Å². The average Bonchev–Trinajstić information content (AvgIpc) is 2.74. The third kappa shape index (κ3) is 2.99. The van der Waals surface area contributed by atoms with Crippen molar-refractivity contribution in [3.63, 3.8) is 0 Å². The third-order valence-corrected chi connectivity index (χ3v) is 2.49. The number of carboxylic acids is 1. The van der Waals surface area contributed by atoms with E-state index >= 15 is 0 Å². The van der Waals surface area contributed by atoms with Crippen molar-refractivity contribution in [3.05, 3.63) is 53.6 Å². The molecule has 0 spiro atoms. The van der Waals surface area contributed by atoms with Gasteiger partial charge in [-0.2, -0.15) is 0 Å². The summed E-state index contributed by atoms with van der Waals surface area (Å²) >= 11 is 5.75. The largest absolute Gasteiger partial charge is 0.479 e. The lowest BCUT2D eigenvalue weighted by molar-refractivity contribution is -0.139. The van der Waals surface area contributed by atoms with Gasteiger partial charge in [0.2, 0.25) is 0 Å². The number of halogens is 2. The van der Waals surface area contributed by atoms with Gasteiger partial charge in [0.1, 0.15) is 0 Å². The number of hydrogen-bond acceptors (Lipinski definition) is 2. The van der Waals surface area contributed by atoms with Gasteiger partial charge in [0.15, 0.2) is 6.04 Å². The number of benzene rings is 1. The Kier molecular flexibility index (Phi) is 4.54. The fourth-order valence-electron chi connectivity index (χ4n) is 1.51. The summed E-state index contributed by atoms with van der Waals surface area (Å²) in [6, 6.07) is 5.97. The number of carbonyl (C=O) groups is 1. The molecule has 90 valence electrons. The van der Waals surface area contributed by atoms with Crippen LogP contribution >= 0.6 is 24.0 Å². The fraction of sp³-hybridized carbons (Fsp3) is 0.0909. The van der Waals surface area contributed by atoms with Crippen molar-refractivity contribution >= 4 is 30.0 Å². The molecular weight excluding hydrogens is 263 g/mol. The van der Waals surface area contributed by atoms with Crippen LogP contribution in [-0.2, 0) is 4.79 Å². The highest BCUT2D eigenvalue weighted by atomic mass is 35.5. The van der Waals surface area contributed by atoms with Crippen molar-refractivity contribution in [3.8, 4) is 0 Å². The van der Waals surface area contributed by atoms with Crippen LogP contribution in [0.2, 0.25) is 5.02 Å². The smallest absolute Gasteiger partial charge is 0.331 e. The highest BCUT2D eigenvalue weighted by molar-refractivity contribution is 6.30. The molecule has 2 aromatic rings. The Balaban J connectivity index is 0.00000144. The Labute approximate surface area is 109 Å². The van der Waals surface area contributed by atoms with Gasteiger partial charge in [0.25, 0.3) is 0 Å². The predicted molar refractivity (Wildman–Crippen MR) is 66.7 cm³/mol. The summed E-state index contributed by atoms with van der Waals surface area (Å²) < 4.78 is 1.53. The number of carboxylic acid groups (broad SMARTS) is 1. The van der Waals surface area contributed by atoms with Crippen LogP contribution in [-0.4, -0.2) is 20.6 Å². The van der Waals surface area contributed by atoms with Gasteiger partial charge in [0.05, 0.1) is 6.33 Å². The molecule has 0 saturated carbocycles. The van der Waals surface area contributed by atoms with Crippen molar-refractivity contribution < 1.29 is 9.90 Å². The van der Waals surface area contributed by atoms with Crippen molar-refractivity contribution in [1.29, 1.82) is 0 Å². The molecule has 1 aromatic heterocycles. The van der Waals surface area contributed by atoms with E-state index in [9.17, 15) is 9.90 Å². The Morgan fingerprint density at radius 1 is 1.35 bits per heavy atom. The minimum Gasteiger partial charge on any atom is -0.479 e. The van der Waals surface area contributed by atoms with Crippen LogP contribution in [0.4, 0.5) is 0 Å². The number of hydrogen-bond donors (Lipinski definition) is 1. The Morgan fingerprint density at radius 2 is 2.00 bits per heavy atom. The minimum absolute atomic E-state index is 0. The Bertz CT molecular complexity index is 483. The summed E-state index contributed by atoms with van der Waals surface area (Å²) in [5.41, 5.74) is 0.662. The first kappa shape index (κ1) is 13.5. The zero-order chi connectivity index (χ0) is 11.5. The van der Waals surface area contributed by atoms with Crippen molar-refractivity contribution in [2.75, 3.05) is 0 Å². The van der Waals surface area contributed by atoms with Crippen LogP contribution in [0, 0.1) is 0 Å². The maximum atomic E-state index is 11.2. The van der Waals surface area contributed by atoms with E-state index in [-0.39, 0.29) is 12.4 Å². The SMILES string of the molecule is Cl.O=C(O)C(c1ccc(Cl)cc1)n1ccnc1. The minimum atomic E-state index is -0.930. The van der Waals surface area contributed by atoms with Gasteiger partial charge in [0, 0.05) is 17.4 Å². The molecule has 0 bridgehead atoms. The predicted octanol–water partition coefficient (Wildman–Crippen LogP) is 2.63. The molecular formula is C11H10Cl2N2O2. The molecule has 1 aromatic carbocycles. The molecule has 1 heterocycles. The number of aromatic nitrogens is 2. The number of imidazole rings is 1. The lowest BCUT2D eigenvalue weighted by Crippen LogP contribution is -2.18. The summed E-state index contributed by atoms with van der Waals surface area (Å²) in [4.78, 5) is 15.0. The zero-order valence-corrected chi connectivity index (χ0v) is 10.2. The first-order valence-corrected chi connectivity index (χ1v) is 5.02. The van der Waals surface area contributed by atoms with Crippen LogP contribution in [0.15, 0.2) is 43.0 Å². The van der Waals surface area contributed by atoms with E-state index in [2.05, 4.69) is 4.98 Å². The summed E-state index contributed by atoms with van der Waals surface area (Å²) in [7, 11) is 0. The normalized spacial score (nSPS) is 11.6. The molecule has 6 heteroatoms. The molecule has 2 rings (SSSR count). The molecule has 1 unspecified atom stereocenters. The second-order valence-electron chi connectivity index (χ2n) is 3.30. The molecule has 0 amide bonds. The Hall–Kier alpha value is -1.52. The zero-order valence-electron chi connectivity index (χ0n) is 8.65. The molecule has 0 radical (unpaired) electrons.